The van der Waals surface area contributed by atoms with Crippen molar-refractivity contribution >= 4 is 11.0 Å². The molecule has 1 saturated heterocycles. The van der Waals surface area contributed by atoms with Crippen LogP contribution in [0, 0.1) is 12.7 Å². The van der Waals surface area contributed by atoms with Crippen molar-refractivity contribution in [3.8, 4) is 0 Å². The number of likely N-dealkylation sites (tertiary alicyclic amines) is 1. The van der Waals surface area contributed by atoms with Crippen LogP contribution >= 0.6 is 0 Å². The number of aromatic nitrogens is 3. The van der Waals surface area contributed by atoms with Crippen LogP contribution in [0.5, 0.6) is 0 Å². The molecule has 1 atom stereocenters. The van der Waals surface area contributed by atoms with Crippen LogP contribution in [0.25, 0.3) is 11.0 Å². The van der Waals surface area contributed by atoms with Gasteiger partial charge in [0.1, 0.15) is 17.7 Å². The first kappa shape index (κ1) is 10.4. The quantitative estimate of drug-likeness (QED) is 0.673. The number of hydrogen-bond acceptors (Lipinski definition) is 6. The second kappa shape index (κ2) is 8.16. The van der Waals surface area contributed by atoms with E-state index in [0.717, 1.165) is 4.90 Å². The number of rotatable bonds is 4. The molecule has 2 aromatic heterocycles. The van der Waals surface area contributed by atoms with E-state index in [1.165, 1.54) is 18.2 Å². The summed E-state index contributed by atoms with van der Waals surface area (Å²) in [5.74, 6) is -1.99. The summed E-state index contributed by atoms with van der Waals surface area (Å²) >= 11 is 0. The van der Waals surface area contributed by atoms with E-state index >= 15 is 0 Å². The first-order valence-corrected chi connectivity index (χ1v) is 9.66. The van der Waals surface area contributed by atoms with Gasteiger partial charge in [0.2, 0.25) is 0 Å². The van der Waals surface area contributed by atoms with Crippen LogP contribution in [-0.4, -0.2) is 44.3 Å². The number of piperidine rings is 1. The Morgan fingerprint density at radius 1 is 1.42 bits per heavy atom. The van der Waals surface area contributed by atoms with E-state index in [9.17, 15) is 14.3 Å². The summed E-state index contributed by atoms with van der Waals surface area (Å²) in [6.07, 6.45) is -12.7. The molecule has 5 rings (SSSR count). The maximum Gasteiger partial charge on any atom is 0.257 e. The van der Waals surface area contributed by atoms with Gasteiger partial charge < -0.3 is 14.5 Å². The van der Waals surface area contributed by atoms with Crippen molar-refractivity contribution in [3.63, 3.8) is 0 Å². The topological polar surface area (TPSA) is 84.4 Å². The van der Waals surface area contributed by atoms with Gasteiger partial charge in [-0.2, -0.15) is 0 Å². The van der Waals surface area contributed by atoms with Crippen molar-refractivity contribution in [1.29, 1.82) is 0 Å². The van der Waals surface area contributed by atoms with Crippen molar-refractivity contribution in [3.05, 3.63) is 57.1 Å². The number of aliphatic hydroxyl groups excluding tert-OH is 1. The number of aliphatic hydroxyl groups is 1. The fourth-order valence-corrected chi connectivity index (χ4v) is 3.79. The summed E-state index contributed by atoms with van der Waals surface area (Å²) in [4.78, 5) is 18.5. The van der Waals surface area contributed by atoms with Gasteiger partial charge in [-0.1, -0.05) is 5.16 Å². The smallest absolute Gasteiger partial charge is 0.257 e. The second-order valence-electron chi connectivity index (χ2n) is 7.32. The van der Waals surface area contributed by atoms with Crippen LogP contribution in [0.1, 0.15) is 78.2 Å². The molecule has 31 heavy (non-hydrogen) atoms. The third kappa shape index (κ3) is 3.78. The molecule has 164 valence electrons. The summed E-state index contributed by atoms with van der Waals surface area (Å²) in [5, 5.41) is 15.2. The molecule has 2 aliphatic heterocycles. The molecule has 8 heteroatoms. The lowest BCUT2D eigenvalue weighted by Gasteiger charge is -2.31. The SMILES string of the molecule is [2H]C([2H])([2H])c1nc2n(c(=O)c1C([2H])([2H])C([2H])([2H])N1CCC(c3noc4cc(F)ccc34)CC1)C([2H])([2H])C([2H])([2H])C([2H])([2H])C2O. The van der Waals surface area contributed by atoms with Gasteiger partial charge in [0.25, 0.3) is 5.56 Å². The summed E-state index contributed by atoms with van der Waals surface area (Å²) in [6, 6.07) is 3.90. The van der Waals surface area contributed by atoms with Crippen LogP contribution in [0.3, 0.4) is 0 Å². The van der Waals surface area contributed by atoms with Crippen molar-refractivity contribution < 1.29 is 31.8 Å². The first-order chi connectivity index (χ1) is 20.0. The minimum atomic E-state index is -3.61. The average Bonchev–Trinajstić information content (AvgIpc) is 3.33. The van der Waals surface area contributed by atoms with Gasteiger partial charge in [-0.25, -0.2) is 9.37 Å². The Hall–Kier alpha value is -2.58. The molecule has 3 aromatic rings. The largest absolute Gasteiger partial charge is 0.385 e. The summed E-state index contributed by atoms with van der Waals surface area (Å²) in [5.41, 5.74) is -3.82. The molecule has 2 aliphatic rings. The Balaban J connectivity index is 1.57. The van der Waals surface area contributed by atoms with Crippen molar-refractivity contribution in [2.24, 2.45) is 0 Å². The monoisotopic (exact) mass is 439 g/mol. The van der Waals surface area contributed by atoms with Crippen molar-refractivity contribution in [1.82, 2.24) is 19.6 Å². The predicted molar refractivity (Wildman–Crippen MR) is 114 cm³/mol. The molecule has 7 nitrogen and oxygen atoms in total. The summed E-state index contributed by atoms with van der Waals surface area (Å²) in [6.45, 7) is -10.4. The predicted octanol–water partition coefficient (Wildman–Crippen LogP) is 3.08. The summed E-state index contributed by atoms with van der Waals surface area (Å²) in [7, 11) is 0. The van der Waals surface area contributed by atoms with Crippen LogP contribution in [0.4, 0.5) is 4.39 Å². The van der Waals surface area contributed by atoms with E-state index in [0.29, 0.717) is 11.1 Å². The molecule has 1 fully saturated rings. The Morgan fingerprint density at radius 2 is 2.26 bits per heavy atom. The minimum Gasteiger partial charge on any atom is -0.385 e. The molecule has 0 amide bonds. The third-order valence-electron chi connectivity index (χ3n) is 5.41. The first-order valence-electron chi connectivity index (χ1n) is 16.2. The van der Waals surface area contributed by atoms with Gasteiger partial charge in [0.05, 0.1) is 5.69 Å². The van der Waals surface area contributed by atoms with Gasteiger partial charge in [-0.05, 0) is 64.0 Å². The number of aryl methyl sites for hydroxylation is 1. The van der Waals surface area contributed by atoms with E-state index in [-0.39, 0.29) is 42.0 Å². The lowest BCUT2D eigenvalue weighted by atomic mass is 9.91. The zero-order valence-electron chi connectivity index (χ0n) is 29.1. The average molecular weight is 440 g/mol. The van der Waals surface area contributed by atoms with Crippen LogP contribution < -0.4 is 5.56 Å². The summed E-state index contributed by atoms with van der Waals surface area (Å²) < 4.78 is 126. The zero-order valence-corrected chi connectivity index (χ0v) is 16.1. The third-order valence-corrected chi connectivity index (χ3v) is 5.41. The molecule has 0 bridgehead atoms. The molecular formula is C23H27FN4O3. The minimum absolute atomic E-state index is 0.113. The highest BCUT2D eigenvalue weighted by molar-refractivity contribution is 5.79. The number of halogens is 1. The number of nitrogens with zero attached hydrogens (tertiary/aromatic N) is 4. The van der Waals surface area contributed by atoms with E-state index in [1.54, 1.807) is 0 Å². The standard InChI is InChI=1S/C23H27FN4O3/c1-14-17(23(30)28-9-2-3-19(29)22(28)25-14)8-12-27-10-6-15(7-11-27)21-18-5-4-16(24)13-20(18)31-26-21/h4-5,13,15,19,29H,2-3,6-12H2,1H3/i1D3,2D2,3D2,8D2,9D2,12D2. The highest BCUT2D eigenvalue weighted by atomic mass is 19.1. The van der Waals surface area contributed by atoms with E-state index in [2.05, 4.69) is 10.1 Å². The Labute approximate surface area is 197 Å². The fourth-order valence-electron chi connectivity index (χ4n) is 3.79. The van der Waals surface area contributed by atoms with E-state index in [1.807, 2.05) is 0 Å². The van der Waals surface area contributed by atoms with E-state index < -0.39 is 73.5 Å². The van der Waals surface area contributed by atoms with Crippen LogP contribution in [0.15, 0.2) is 27.5 Å². The number of fused-ring (bicyclic) bond motifs is 2. The molecule has 4 heterocycles. The van der Waals surface area contributed by atoms with Crippen LogP contribution in [-0.2, 0) is 12.9 Å². The Morgan fingerprint density at radius 3 is 3.06 bits per heavy atom. The lowest BCUT2D eigenvalue weighted by Crippen LogP contribution is -2.37. The molecular weight excluding hydrogens is 399 g/mol. The fraction of sp³-hybridized carbons (Fsp3) is 0.522. The van der Waals surface area contributed by atoms with E-state index in [4.69, 9.17) is 22.3 Å². The van der Waals surface area contributed by atoms with Gasteiger partial charge in [-0.15, -0.1) is 0 Å². The van der Waals surface area contributed by atoms with Gasteiger partial charge in [-0.3, -0.25) is 9.36 Å². The zero-order chi connectivity index (χ0) is 33.0. The molecule has 0 saturated carbocycles. The molecule has 0 aliphatic carbocycles. The highest BCUT2D eigenvalue weighted by Crippen LogP contribution is 2.32. The van der Waals surface area contributed by atoms with Gasteiger partial charge in [0, 0.05) is 59.4 Å². The maximum atomic E-state index is 13.8. The molecule has 0 spiro atoms. The molecule has 1 aromatic carbocycles. The van der Waals surface area contributed by atoms with Gasteiger partial charge in [0.15, 0.2) is 5.58 Å². The maximum absolute atomic E-state index is 13.8. The molecule has 1 unspecified atom stereocenters. The van der Waals surface area contributed by atoms with Gasteiger partial charge >= 0.3 is 0 Å². The van der Waals surface area contributed by atoms with Crippen LogP contribution in [0.2, 0.25) is 0 Å². The number of benzene rings is 1. The lowest BCUT2D eigenvalue weighted by molar-refractivity contribution is 0.129. The Kier molecular flexibility index (Phi) is 2.73. The normalized spacial score (nSPS) is 32.7. The van der Waals surface area contributed by atoms with Crippen molar-refractivity contribution in [2.45, 2.75) is 57.3 Å². The molecule has 1 N–H and O–H groups in total. The Bertz CT molecular complexity index is 1680. The number of hydrogen-bond donors (Lipinski definition) is 1. The second-order valence-corrected chi connectivity index (χ2v) is 7.32. The molecule has 0 radical (unpaired) electrons. The van der Waals surface area contributed by atoms with Crippen molar-refractivity contribution in [2.75, 3.05) is 19.6 Å². The highest BCUT2D eigenvalue weighted by Gasteiger charge is 2.26.